The van der Waals surface area contributed by atoms with Gasteiger partial charge in [-0.05, 0) is 62.5 Å². The van der Waals surface area contributed by atoms with E-state index in [1.165, 1.54) is 0 Å². The largest absolute Gasteiger partial charge is 0.492 e. The molecule has 1 amide bonds. The van der Waals surface area contributed by atoms with Gasteiger partial charge in [-0.2, -0.15) is 0 Å². The van der Waals surface area contributed by atoms with Gasteiger partial charge in [-0.25, -0.2) is 4.79 Å². The maximum absolute atomic E-state index is 12.3. The first-order valence-corrected chi connectivity index (χ1v) is 10.5. The van der Waals surface area contributed by atoms with E-state index in [2.05, 4.69) is 5.32 Å². The molecular formula is C23H28BClN2O4. The molecule has 0 atom stereocenters. The van der Waals surface area contributed by atoms with E-state index in [1.807, 2.05) is 64.1 Å². The van der Waals surface area contributed by atoms with Gasteiger partial charge >= 0.3 is 13.2 Å². The number of rotatable bonds is 6. The second kappa shape index (κ2) is 9.34. The van der Waals surface area contributed by atoms with Crippen molar-refractivity contribution in [1.82, 2.24) is 5.32 Å². The first-order chi connectivity index (χ1) is 14.6. The molecule has 3 rings (SSSR count). The van der Waals surface area contributed by atoms with Crippen LogP contribution < -0.4 is 11.1 Å². The number of nitrogen functional groups attached to an aromatic ring is 1. The lowest BCUT2D eigenvalue weighted by Crippen LogP contribution is -2.41. The highest BCUT2D eigenvalue weighted by Gasteiger charge is 2.52. The molecule has 1 heterocycles. The number of anilines is 1. The summed E-state index contributed by atoms with van der Waals surface area (Å²) in [6.07, 6.45) is 1.30. The highest BCUT2D eigenvalue weighted by molar-refractivity contribution is 6.56. The molecule has 0 aromatic heterocycles. The summed E-state index contributed by atoms with van der Waals surface area (Å²) in [5, 5.41) is 3.33. The fourth-order valence-electron chi connectivity index (χ4n) is 3.02. The van der Waals surface area contributed by atoms with Crippen LogP contribution in [0.15, 0.2) is 54.0 Å². The molecule has 0 aliphatic carbocycles. The van der Waals surface area contributed by atoms with Gasteiger partial charge < -0.3 is 25.1 Å². The Labute approximate surface area is 188 Å². The summed E-state index contributed by atoms with van der Waals surface area (Å²) >= 11 is 6.14. The van der Waals surface area contributed by atoms with Gasteiger partial charge in [0.2, 0.25) is 0 Å². The van der Waals surface area contributed by atoms with Crippen molar-refractivity contribution in [3.8, 4) is 0 Å². The second-order valence-corrected chi connectivity index (χ2v) is 8.93. The fraction of sp³-hybridized carbons (Fsp3) is 0.348. The Hall–Kier alpha value is -2.48. The van der Waals surface area contributed by atoms with Crippen LogP contribution in [-0.2, 0) is 20.7 Å². The number of carbonyl (C=O) groups is 1. The summed E-state index contributed by atoms with van der Waals surface area (Å²) in [6.45, 7) is 8.24. The van der Waals surface area contributed by atoms with E-state index in [0.29, 0.717) is 16.2 Å². The minimum absolute atomic E-state index is 0.163. The number of amides is 1. The topological polar surface area (TPSA) is 82.8 Å². The summed E-state index contributed by atoms with van der Waals surface area (Å²) in [4.78, 5) is 12.3. The SMILES string of the molecule is CC1(C)OB(C(=Cc2cc(Cl)ccc2N)CNC(=O)OCc2ccccc2)OC1(C)C. The molecule has 1 saturated heterocycles. The molecular weight excluding hydrogens is 415 g/mol. The van der Waals surface area contributed by atoms with E-state index < -0.39 is 24.4 Å². The normalized spacial score (nSPS) is 17.5. The van der Waals surface area contributed by atoms with Crippen molar-refractivity contribution in [3.05, 3.63) is 70.2 Å². The number of halogens is 1. The lowest BCUT2D eigenvalue weighted by molar-refractivity contribution is 0.00578. The van der Waals surface area contributed by atoms with Crippen molar-refractivity contribution in [2.24, 2.45) is 0 Å². The molecule has 0 bridgehead atoms. The highest BCUT2D eigenvalue weighted by atomic mass is 35.5. The predicted molar refractivity (Wildman–Crippen MR) is 125 cm³/mol. The lowest BCUT2D eigenvalue weighted by Gasteiger charge is -2.32. The van der Waals surface area contributed by atoms with Gasteiger partial charge in [-0.15, -0.1) is 0 Å². The number of hydrogen-bond acceptors (Lipinski definition) is 5. The van der Waals surface area contributed by atoms with Crippen LogP contribution in [-0.4, -0.2) is 31.0 Å². The van der Waals surface area contributed by atoms with Crippen LogP contribution in [0.4, 0.5) is 10.5 Å². The lowest BCUT2D eigenvalue weighted by atomic mass is 9.77. The minimum Gasteiger partial charge on any atom is -0.445 e. The third-order valence-corrected chi connectivity index (χ3v) is 5.83. The van der Waals surface area contributed by atoms with E-state index in [-0.39, 0.29) is 13.2 Å². The Bertz CT molecular complexity index is 947. The Kier molecular flexibility index (Phi) is 6.99. The Morgan fingerprint density at radius 3 is 2.42 bits per heavy atom. The third-order valence-electron chi connectivity index (χ3n) is 5.60. The van der Waals surface area contributed by atoms with Gasteiger partial charge in [-0.1, -0.05) is 48.0 Å². The molecule has 31 heavy (non-hydrogen) atoms. The van der Waals surface area contributed by atoms with E-state index >= 15 is 0 Å². The second-order valence-electron chi connectivity index (χ2n) is 8.50. The molecule has 2 aromatic rings. The summed E-state index contributed by atoms with van der Waals surface area (Å²) in [5.41, 5.74) is 7.95. The fourth-order valence-corrected chi connectivity index (χ4v) is 3.20. The van der Waals surface area contributed by atoms with Crippen LogP contribution >= 0.6 is 11.6 Å². The first kappa shape index (κ1) is 23.2. The van der Waals surface area contributed by atoms with Crippen LogP contribution in [0.25, 0.3) is 6.08 Å². The molecule has 1 aliphatic heterocycles. The van der Waals surface area contributed by atoms with Crippen LogP contribution in [0.5, 0.6) is 0 Å². The summed E-state index contributed by atoms with van der Waals surface area (Å²) in [5.74, 6) is 0. The summed E-state index contributed by atoms with van der Waals surface area (Å²) in [6, 6.07) is 14.7. The zero-order valence-electron chi connectivity index (χ0n) is 18.3. The van der Waals surface area contributed by atoms with E-state index in [1.54, 1.807) is 18.2 Å². The van der Waals surface area contributed by atoms with E-state index in [4.69, 9.17) is 31.4 Å². The number of ether oxygens (including phenoxy) is 1. The number of hydrogen-bond donors (Lipinski definition) is 2. The van der Waals surface area contributed by atoms with Crippen LogP contribution in [0.3, 0.4) is 0 Å². The number of carbonyl (C=O) groups excluding carboxylic acids is 1. The van der Waals surface area contributed by atoms with Crippen molar-refractivity contribution in [3.63, 3.8) is 0 Å². The highest BCUT2D eigenvalue weighted by Crippen LogP contribution is 2.39. The monoisotopic (exact) mass is 442 g/mol. The minimum atomic E-state index is -0.655. The van der Waals surface area contributed by atoms with Gasteiger partial charge in [0, 0.05) is 17.3 Å². The molecule has 164 valence electrons. The van der Waals surface area contributed by atoms with Gasteiger partial charge in [-0.3, -0.25) is 0 Å². The summed E-state index contributed by atoms with van der Waals surface area (Å²) in [7, 11) is -0.655. The van der Waals surface area contributed by atoms with Crippen molar-refractivity contribution in [2.45, 2.75) is 45.5 Å². The maximum Gasteiger partial charge on any atom is 0.492 e. The van der Waals surface area contributed by atoms with Crippen molar-refractivity contribution >= 4 is 36.6 Å². The molecule has 3 N–H and O–H groups in total. The van der Waals surface area contributed by atoms with Gasteiger partial charge in [0.05, 0.1) is 11.2 Å². The van der Waals surface area contributed by atoms with Crippen molar-refractivity contribution in [2.75, 3.05) is 12.3 Å². The standard InChI is InChI=1S/C23H28BClN2O4/c1-22(2)23(3,4)31-24(30-22)18(12-17-13-19(25)10-11-20(17)26)14-27-21(28)29-15-16-8-6-5-7-9-16/h5-13H,14-15,26H2,1-4H3,(H,27,28). The Balaban J connectivity index is 1.75. The number of nitrogens with two attached hydrogens (primary N) is 1. The van der Waals surface area contributed by atoms with Crippen LogP contribution in [0, 0.1) is 0 Å². The predicted octanol–water partition coefficient (Wildman–Crippen LogP) is 4.86. The quantitative estimate of drug-likeness (QED) is 0.493. The number of benzene rings is 2. The molecule has 8 heteroatoms. The number of alkyl carbamates (subject to hydrolysis) is 1. The Morgan fingerprint density at radius 2 is 1.77 bits per heavy atom. The zero-order valence-corrected chi connectivity index (χ0v) is 19.0. The summed E-state index contributed by atoms with van der Waals surface area (Å²) < 4.78 is 17.7. The third kappa shape index (κ3) is 5.82. The maximum atomic E-state index is 12.3. The molecule has 0 saturated carbocycles. The van der Waals surface area contributed by atoms with Crippen LogP contribution in [0.1, 0.15) is 38.8 Å². The molecule has 2 aromatic carbocycles. The first-order valence-electron chi connectivity index (χ1n) is 10.1. The molecule has 1 fully saturated rings. The van der Waals surface area contributed by atoms with Gasteiger partial charge in [0.25, 0.3) is 0 Å². The average molecular weight is 443 g/mol. The van der Waals surface area contributed by atoms with Crippen LogP contribution in [0.2, 0.25) is 5.02 Å². The smallest absolute Gasteiger partial charge is 0.445 e. The molecule has 1 aliphatic rings. The van der Waals surface area contributed by atoms with Gasteiger partial charge in [0.15, 0.2) is 0 Å². The molecule has 0 radical (unpaired) electrons. The van der Waals surface area contributed by atoms with E-state index in [0.717, 1.165) is 11.1 Å². The van der Waals surface area contributed by atoms with E-state index in [9.17, 15) is 4.79 Å². The van der Waals surface area contributed by atoms with Crippen molar-refractivity contribution in [1.29, 1.82) is 0 Å². The number of nitrogens with one attached hydrogen (secondary N) is 1. The molecule has 6 nitrogen and oxygen atoms in total. The Morgan fingerprint density at radius 1 is 1.13 bits per heavy atom. The van der Waals surface area contributed by atoms with Gasteiger partial charge in [0.1, 0.15) is 6.61 Å². The molecule has 0 spiro atoms. The zero-order chi connectivity index (χ0) is 22.6. The average Bonchev–Trinajstić information content (AvgIpc) is 2.94. The van der Waals surface area contributed by atoms with Crippen molar-refractivity contribution < 1.29 is 18.8 Å². The molecule has 0 unspecified atom stereocenters.